The number of rotatable bonds is 4. The predicted octanol–water partition coefficient (Wildman–Crippen LogP) is 0.666. The first-order valence-electron chi connectivity index (χ1n) is 4.68. The maximum absolute atomic E-state index is 9.76. The van der Waals surface area contributed by atoms with Crippen molar-refractivity contribution >= 4 is 35.6 Å². The van der Waals surface area contributed by atoms with Gasteiger partial charge in [-0.3, -0.25) is 0 Å². The molecule has 16 heavy (non-hydrogen) atoms. The molecule has 1 aromatic rings. The van der Waals surface area contributed by atoms with Crippen molar-refractivity contribution in [2.75, 3.05) is 11.1 Å². The summed E-state index contributed by atoms with van der Waals surface area (Å²) in [4.78, 5) is 0. The SMILES string of the molecule is NC(=S)Nc1cccc(C(O)C(O)CS)c1. The van der Waals surface area contributed by atoms with Gasteiger partial charge in [0, 0.05) is 11.4 Å². The van der Waals surface area contributed by atoms with Gasteiger partial charge in [-0.1, -0.05) is 12.1 Å². The van der Waals surface area contributed by atoms with Crippen LogP contribution in [0.2, 0.25) is 0 Å². The van der Waals surface area contributed by atoms with Gasteiger partial charge in [-0.2, -0.15) is 12.6 Å². The molecule has 2 atom stereocenters. The van der Waals surface area contributed by atoms with E-state index in [0.29, 0.717) is 11.3 Å². The zero-order chi connectivity index (χ0) is 12.1. The molecule has 2 unspecified atom stereocenters. The number of nitrogens with one attached hydrogen (secondary N) is 1. The second-order valence-electron chi connectivity index (χ2n) is 3.31. The van der Waals surface area contributed by atoms with Crippen LogP contribution in [0.15, 0.2) is 24.3 Å². The maximum Gasteiger partial charge on any atom is 0.168 e. The molecule has 5 N–H and O–H groups in total. The molecule has 6 heteroatoms. The summed E-state index contributed by atoms with van der Waals surface area (Å²) in [5, 5.41) is 22.1. The molecule has 4 nitrogen and oxygen atoms in total. The Morgan fingerprint density at radius 1 is 1.50 bits per heavy atom. The summed E-state index contributed by atoms with van der Waals surface area (Å²) in [5.74, 6) is 0.189. The fourth-order valence-corrected chi connectivity index (χ4v) is 1.58. The van der Waals surface area contributed by atoms with Gasteiger partial charge in [-0.05, 0) is 29.9 Å². The summed E-state index contributed by atoms with van der Waals surface area (Å²) in [6.07, 6.45) is -1.87. The predicted molar refractivity (Wildman–Crippen MR) is 71.7 cm³/mol. The molecule has 88 valence electrons. The molecule has 0 heterocycles. The molecule has 1 rings (SSSR count). The Hall–Kier alpha value is -0.820. The monoisotopic (exact) mass is 258 g/mol. The van der Waals surface area contributed by atoms with Crippen molar-refractivity contribution in [3.8, 4) is 0 Å². The second kappa shape index (κ2) is 6.05. The van der Waals surface area contributed by atoms with Gasteiger partial charge >= 0.3 is 0 Å². The highest BCUT2D eigenvalue weighted by molar-refractivity contribution is 7.80. The molecule has 1 aromatic carbocycles. The average molecular weight is 258 g/mol. The molecule has 0 saturated carbocycles. The third kappa shape index (κ3) is 3.64. The molecule has 0 bridgehead atoms. The Kier molecular flexibility index (Phi) is 5.01. The van der Waals surface area contributed by atoms with E-state index in [4.69, 9.17) is 18.0 Å². The van der Waals surface area contributed by atoms with Crippen LogP contribution in [-0.4, -0.2) is 27.2 Å². The Morgan fingerprint density at radius 2 is 2.19 bits per heavy atom. The van der Waals surface area contributed by atoms with Crippen molar-refractivity contribution in [3.63, 3.8) is 0 Å². The van der Waals surface area contributed by atoms with Crippen LogP contribution >= 0.6 is 24.8 Å². The third-order valence-electron chi connectivity index (χ3n) is 2.05. The number of aliphatic hydroxyl groups excluding tert-OH is 2. The number of anilines is 1. The van der Waals surface area contributed by atoms with Crippen molar-refractivity contribution in [1.29, 1.82) is 0 Å². The number of hydrogen-bond acceptors (Lipinski definition) is 4. The summed E-state index contributed by atoms with van der Waals surface area (Å²) in [6.45, 7) is 0. The zero-order valence-corrected chi connectivity index (χ0v) is 10.2. The minimum Gasteiger partial charge on any atom is -0.389 e. The molecule has 0 amide bonds. The number of hydrogen-bond donors (Lipinski definition) is 5. The van der Waals surface area contributed by atoms with Crippen LogP contribution in [0.4, 0.5) is 5.69 Å². The van der Waals surface area contributed by atoms with Gasteiger partial charge in [-0.15, -0.1) is 0 Å². The molecule has 0 saturated heterocycles. The Bertz CT molecular complexity index is 374. The van der Waals surface area contributed by atoms with Crippen LogP contribution in [0.1, 0.15) is 11.7 Å². The third-order valence-corrected chi connectivity index (χ3v) is 2.52. The number of aliphatic hydroxyl groups is 2. The first-order chi connectivity index (χ1) is 7.54. The number of thiol groups is 1. The van der Waals surface area contributed by atoms with Gasteiger partial charge in [0.1, 0.15) is 6.10 Å². The number of nitrogens with two attached hydrogens (primary N) is 1. The summed E-state index contributed by atoms with van der Waals surface area (Å²) in [5.41, 5.74) is 6.60. The van der Waals surface area contributed by atoms with Crippen LogP contribution in [0.3, 0.4) is 0 Å². The van der Waals surface area contributed by atoms with E-state index in [1.54, 1.807) is 24.3 Å². The molecule has 0 aliphatic rings. The topological polar surface area (TPSA) is 78.5 Å². The lowest BCUT2D eigenvalue weighted by Gasteiger charge is -2.17. The van der Waals surface area contributed by atoms with Crippen molar-refractivity contribution in [2.45, 2.75) is 12.2 Å². The fraction of sp³-hybridized carbons (Fsp3) is 0.300. The van der Waals surface area contributed by atoms with Gasteiger partial charge in [-0.25, -0.2) is 0 Å². The van der Waals surface area contributed by atoms with Crippen LogP contribution < -0.4 is 11.1 Å². The highest BCUT2D eigenvalue weighted by Gasteiger charge is 2.16. The van der Waals surface area contributed by atoms with E-state index in [2.05, 4.69) is 17.9 Å². The van der Waals surface area contributed by atoms with Crippen LogP contribution in [0.25, 0.3) is 0 Å². The lowest BCUT2D eigenvalue weighted by Crippen LogP contribution is -2.21. The van der Waals surface area contributed by atoms with Crippen molar-refractivity contribution in [3.05, 3.63) is 29.8 Å². The van der Waals surface area contributed by atoms with Crippen LogP contribution in [-0.2, 0) is 0 Å². The molecule has 0 fully saturated rings. The highest BCUT2D eigenvalue weighted by atomic mass is 32.1. The lowest BCUT2D eigenvalue weighted by molar-refractivity contribution is 0.0338. The Labute approximate surface area is 105 Å². The minimum atomic E-state index is -0.967. The Morgan fingerprint density at radius 3 is 2.75 bits per heavy atom. The molecule has 0 spiro atoms. The quantitative estimate of drug-likeness (QED) is 0.405. The molecule has 0 aliphatic carbocycles. The zero-order valence-electron chi connectivity index (χ0n) is 8.50. The normalized spacial score (nSPS) is 14.2. The first kappa shape index (κ1) is 13.2. The van der Waals surface area contributed by atoms with Crippen LogP contribution in [0.5, 0.6) is 0 Å². The summed E-state index contributed by atoms with van der Waals surface area (Å²) >= 11 is 8.62. The molecule has 0 radical (unpaired) electrons. The van der Waals surface area contributed by atoms with Crippen molar-refractivity contribution in [1.82, 2.24) is 0 Å². The highest BCUT2D eigenvalue weighted by Crippen LogP contribution is 2.20. The molecular weight excluding hydrogens is 244 g/mol. The standard InChI is InChI=1S/C10H14N2O2S2/c11-10(16)12-7-3-1-2-6(4-7)9(14)8(13)5-15/h1-4,8-9,13-15H,5H2,(H3,11,12,16). The molecule has 0 aliphatic heterocycles. The minimum absolute atomic E-state index is 0.154. The summed E-state index contributed by atoms with van der Waals surface area (Å²) in [7, 11) is 0. The number of thiocarbonyl (C=S) groups is 1. The van der Waals surface area contributed by atoms with Gasteiger partial charge in [0.25, 0.3) is 0 Å². The summed E-state index contributed by atoms with van der Waals surface area (Å²) < 4.78 is 0. The largest absolute Gasteiger partial charge is 0.389 e. The van der Waals surface area contributed by atoms with Gasteiger partial charge in [0.2, 0.25) is 0 Å². The van der Waals surface area contributed by atoms with E-state index in [1.165, 1.54) is 0 Å². The fourth-order valence-electron chi connectivity index (χ4n) is 1.26. The van der Waals surface area contributed by atoms with Crippen molar-refractivity contribution < 1.29 is 10.2 Å². The van der Waals surface area contributed by atoms with Gasteiger partial charge in [0.15, 0.2) is 5.11 Å². The second-order valence-corrected chi connectivity index (χ2v) is 4.11. The van der Waals surface area contributed by atoms with Gasteiger partial charge < -0.3 is 21.3 Å². The molecular formula is C10H14N2O2S2. The molecule has 0 aromatic heterocycles. The van der Waals surface area contributed by atoms with Gasteiger partial charge in [0.05, 0.1) is 6.10 Å². The summed E-state index contributed by atoms with van der Waals surface area (Å²) in [6, 6.07) is 6.89. The van der Waals surface area contributed by atoms with E-state index in [-0.39, 0.29) is 10.9 Å². The van der Waals surface area contributed by atoms with Crippen LogP contribution in [0, 0.1) is 0 Å². The average Bonchev–Trinajstić information content (AvgIpc) is 2.26. The lowest BCUT2D eigenvalue weighted by atomic mass is 10.0. The van der Waals surface area contributed by atoms with E-state index in [9.17, 15) is 10.2 Å². The smallest absolute Gasteiger partial charge is 0.168 e. The van der Waals surface area contributed by atoms with Crippen molar-refractivity contribution in [2.24, 2.45) is 5.73 Å². The van der Waals surface area contributed by atoms with E-state index < -0.39 is 12.2 Å². The maximum atomic E-state index is 9.76. The Balaban J connectivity index is 2.85. The van der Waals surface area contributed by atoms with E-state index >= 15 is 0 Å². The van der Waals surface area contributed by atoms with E-state index in [1.807, 2.05) is 0 Å². The number of benzene rings is 1. The van der Waals surface area contributed by atoms with E-state index in [0.717, 1.165) is 0 Å². The first-order valence-corrected chi connectivity index (χ1v) is 5.72.